The van der Waals surface area contributed by atoms with Crippen LogP contribution in [-0.2, 0) is 63.9 Å². The first-order chi connectivity index (χ1) is 33.4. The molecule has 0 aromatic carbocycles. The minimum atomic E-state index is -2.16. The number of rotatable bonds is 41. The second-order valence-corrected chi connectivity index (χ2v) is 45.6. The van der Waals surface area contributed by atoms with Gasteiger partial charge in [-0.25, -0.2) is 14.4 Å². The highest BCUT2D eigenvalue weighted by Gasteiger charge is 2.40. The van der Waals surface area contributed by atoms with Crippen molar-refractivity contribution in [3.05, 3.63) is 24.3 Å². The van der Waals surface area contributed by atoms with Crippen LogP contribution in [0.3, 0.4) is 0 Å². The Morgan fingerprint density at radius 2 is 0.789 bits per heavy atom. The molecule has 24 heteroatoms. The van der Waals surface area contributed by atoms with Gasteiger partial charge in [0.2, 0.25) is 0 Å². The molecule has 0 aromatic rings. The molecule has 0 saturated carbocycles. The summed E-state index contributed by atoms with van der Waals surface area (Å²) >= 11 is 0. The molecule has 0 rings (SSSR count). The van der Waals surface area contributed by atoms with Crippen molar-refractivity contribution < 1.29 is 73.8 Å². The number of hydrogen-bond donors (Lipinski definition) is 2. The predicted octanol–water partition coefficient (Wildman–Crippen LogP) is 12.7. The Morgan fingerprint density at radius 3 is 1.13 bits per heavy atom. The van der Waals surface area contributed by atoms with Crippen molar-refractivity contribution >= 4 is 68.4 Å². The van der Waals surface area contributed by atoms with Crippen LogP contribution in [0.1, 0.15) is 95.9 Å². The Balaban J connectivity index is -0.000000203. The lowest BCUT2D eigenvalue weighted by molar-refractivity contribution is -0.141. The lowest BCUT2D eigenvalue weighted by atomic mass is 10.4. The van der Waals surface area contributed by atoms with Crippen molar-refractivity contribution in [2.75, 3.05) is 92.4 Å². The minimum Gasteiger partial charge on any atom is -0.460 e. The van der Waals surface area contributed by atoms with Gasteiger partial charge in [0.25, 0.3) is 6.26 Å². The first kappa shape index (κ1) is 87.8. The SMILES string of the molecule is C.C.C.C.C=C(C)C(=O)OCCOCCNC(=O)OCCOCCC[Si](C)(C)O[Si](C)(C)O[Si](C)(C)CCCC.C=C(C)C(=O)OCCOCCOC#N.CCCC[Si](C)(C)O[Si](C)(C)O[Si](C)(C)CCCOCCO. The van der Waals surface area contributed by atoms with Gasteiger partial charge in [0.05, 0.1) is 46.2 Å². The molecule has 0 fully saturated rings. The van der Waals surface area contributed by atoms with E-state index >= 15 is 0 Å². The fourth-order valence-electron chi connectivity index (χ4n) is 7.03. The van der Waals surface area contributed by atoms with Gasteiger partial charge in [-0.2, -0.15) is 5.26 Å². The number of unbranched alkanes of at least 4 members (excludes halogenated alkanes) is 2. The molecular weight excluding hydrogens is 1080 g/mol. The van der Waals surface area contributed by atoms with E-state index in [1.807, 2.05) is 0 Å². The average Bonchev–Trinajstić information content (AvgIpc) is 3.25. The van der Waals surface area contributed by atoms with Gasteiger partial charge in [-0.1, -0.05) is 82.4 Å². The molecule has 18 nitrogen and oxygen atoms in total. The van der Waals surface area contributed by atoms with Gasteiger partial charge < -0.3 is 64.8 Å². The number of ether oxygens (including phenoxy) is 8. The molecular formula is C52H118N2O16Si6. The van der Waals surface area contributed by atoms with E-state index in [0.29, 0.717) is 57.3 Å². The Kier molecular flexibility index (Phi) is 57.7. The lowest BCUT2D eigenvalue weighted by Gasteiger charge is -2.39. The summed E-state index contributed by atoms with van der Waals surface area (Å²) in [6, 6.07) is 4.48. The molecule has 456 valence electrons. The largest absolute Gasteiger partial charge is 0.460 e. The number of aliphatic hydroxyl groups excluding tert-OH is 1. The minimum absolute atomic E-state index is 0. The number of nitrogens with zero attached hydrogens (tertiary/aromatic N) is 1. The number of carbonyl (C=O) groups excluding carboxylic acids is 3. The van der Waals surface area contributed by atoms with Gasteiger partial charge in [-0.3, -0.25) is 0 Å². The molecule has 0 bridgehead atoms. The lowest BCUT2D eigenvalue weighted by Crippen LogP contribution is -2.52. The number of aliphatic hydroxyl groups is 1. The van der Waals surface area contributed by atoms with Crippen LogP contribution in [0.4, 0.5) is 4.79 Å². The molecule has 2 N–H and O–H groups in total. The summed E-state index contributed by atoms with van der Waals surface area (Å²) in [5, 5.41) is 19.3. The van der Waals surface area contributed by atoms with Crippen LogP contribution >= 0.6 is 0 Å². The summed E-state index contributed by atoms with van der Waals surface area (Å²) in [5.41, 5.74) is 0.704. The van der Waals surface area contributed by atoms with Crippen molar-refractivity contribution in [2.24, 2.45) is 0 Å². The first-order valence-electron chi connectivity index (χ1n) is 25.7. The molecule has 0 saturated heterocycles. The summed E-state index contributed by atoms with van der Waals surface area (Å²) < 4.78 is 66.5. The fourth-order valence-corrected chi connectivity index (χ4v) is 35.4. The maximum absolute atomic E-state index is 11.7. The van der Waals surface area contributed by atoms with Gasteiger partial charge in [-0.05, 0) is 129 Å². The third-order valence-electron chi connectivity index (χ3n) is 9.71. The third kappa shape index (κ3) is 59.6. The highest BCUT2D eigenvalue weighted by atomic mass is 28.5. The molecule has 0 heterocycles. The number of alkyl carbamates (subject to hydrolysis) is 1. The zero-order chi connectivity index (χ0) is 55.8. The molecule has 0 spiro atoms. The van der Waals surface area contributed by atoms with Gasteiger partial charge in [-0.15, -0.1) is 0 Å². The van der Waals surface area contributed by atoms with Gasteiger partial charge in [0.15, 0.2) is 33.3 Å². The topological polar surface area (TPSA) is 218 Å². The summed E-state index contributed by atoms with van der Waals surface area (Å²) in [6.45, 7) is 45.9. The first-order valence-corrected chi connectivity index (χ1v) is 43.8. The average molecular weight is 1200 g/mol. The molecule has 0 aliphatic rings. The highest BCUT2D eigenvalue weighted by Crippen LogP contribution is 2.28. The number of nitrogens with one attached hydrogen (secondary N) is 1. The Labute approximate surface area is 472 Å². The standard InChI is InChI=1S/C24H51NO8Si3.C15H38O4Si3.C9H13NO4.4CH4/c1-10-11-20-34(4,5)32-36(8,9)33-35(6,7)21-12-14-28-17-19-31-24(27)25-13-15-29-16-18-30-23(26)22(2)3;1-8-9-14-20(2,3)18-22(6,7)19-21(4,5)15-10-12-17-13-11-16;1-8(2)9(11)14-6-5-12-3-4-13-7-10;;;;/h2,10-21H2,1,3-9H3,(H,25,27);16H,8-15H2,1-7H3;1,3-6H2,2H3;4*1H4. The quantitative estimate of drug-likeness (QED) is 0.0145. The summed E-state index contributed by atoms with van der Waals surface area (Å²) in [5.74, 6) is -0.873. The molecule has 76 heavy (non-hydrogen) atoms. The summed E-state index contributed by atoms with van der Waals surface area (Å²) in [4.78, 5) is 33.7. The fraction of sp³-hybridized carbons (Fsp3) is 0.846. The van der Waals surface area contributed by atoms with E-state index in [1.54, 1.807) is 13.8 Å². The zero-order valence-corrected chi connectivity index (χ0v) is 53.9. The third-order valence-corrected chi connectivity index (χ3v) is 32.7. The van der Waals surface area contributed by atoms with Crippen LogP contribution in [0.25, 0.3) is 0 Å². The number of hydrogen-bond acceptors (Lipinski definition) is 17. The van der Waals surface area contributed by atoms with Crippen LogP contribution in [0.15, 0.2) is 24.3 Å². The molecule has 0 aromatic heterocycles. The van der Waals surface area contributed by atoms with Crippen molar-refractivity contribution in [2.45, 2.75) is 199 Å². The van der Waals surface area contributed by atoms with Crippen LogP contribution in [0.5, 0.6) is 0 Å². The molecule has 1 amide bonds. The van der Waals surface area contributed by atoms with Gasteiger partial charge in [0, 0.05) is 30.9 Å². The normalized spacial score (nSPS) is 11.4. The van der Waals surface area contributed by atoms with Crippen LogP contribution in [0.2, 0.25) is 103 Å². The molecule has 0 radical (unpaired) electrons. The smallest absolute Gasteiger partial charge is 0.407 e. The molecule has 0 aliphatic heterocycles. The summed E-state index contributed by atoms with van der Waals surface area (Å²) in [6.07, 6.45) is 7.81. The molecule has 0 unspecified atom stereocenters. The number of amides is 1. The Hall–Kier alpha value is -2.08. The van der Waals surface area contributed by atoms with Gasteiger partial charge in [0.1, 0.15) is 26.4 Å². The van der Waals surface area contributed by atoms with Crippen LogP contribution in [-0.4, -0.2) is 166 Å². The highest BCUT2D eigenvalue weighted by molar-refractivity contribution is 6.88. The van der Waals surface area contributed by atoms with Crippen molar-refractivity contribution in [1.82, 2.24) is 5.32 Å². The van der Waals surface area contributed by atoms with Crippen molar-refractivity contribution in [3.8, 4) is 6.26 Å². The van der Waals surface area contributed by atoms with E-state index in [1.165, 1.54) is 44.0 Å². The van der Waals surface area contributed by atoms with E-state index < -0.39 is 68.4 Å². The summed E-state index contributed by atoms with van der Waals surface area (Å²) in [7, 11) is -11.1. The van der Waals surface area contributed by atoms with E-state index in [2.05, 4.69) is 116 Å². The number of nitriles is 1. The van der Waals surface area contributed by atoms with E-state index in [0.717, 1.165) is 24.9 Å². The monoisotopic (exact) mass is 1190 g/mol. The van der Waals surface area contributed by atoms with Crippen LogP contribution < -0.4 is 5.32 Å². The van der Waals surface area contributed by atoms with E-state index in [-0.39, 0.29) is 76.0 Å². The Morgan fingerprint density at radius 1 is 0.474 bits per heavy atom. The van der Waals surface area contributed by atoms with Crippen LogP contribution in [0, 0.1) is 11.5 Å². The second kappa shape index (κ2) is 49.9. The van der Waals surface area contributed by atoms with E-state index in [9.17, 15) is 14.4 Å². The molecule has 0 atom stereocenters. The van der Waals surface area contributed by atoms with E-state index in [4.69, 9.17) is 60.0 Å². The van der Waals surface area contributed by atoms with Gasteiger partial charge >= 0.3 is 35.2 Å². The van der Waals surface area contributed by atoms with Crippen molar-refractivity contribution in [1.29, 1.82) is 5.26 Å². The number of carbonyl (C=O) groups is 3. The zero-order valence-electron chi connectivity index (χ0n) is 47.9. The predicted molar refractivity (Wildman–Crippen MR) is 327 cm³/mol. The second-order valence-electron chi connectivity index (χ2n) is 20.7. The van der Waals surface area contributed by atoms with Crippen molar-refractivity contribution in [3.63, 3.8) is 0 Å². The molecule has 0 aliphatic carbocycles. The maximum Gasteiger partial charge on any atom is 0.407 e. The Bertz CT molecular complexity index is 1520. The maximum atomic E-state index is 11.7. The number of esters is 2.